The molecule has 2 aromatic carbocycles. The number of ether oxygens (including phenoxy) is 2. The summed E-state index contributed by atoms with van der Waals surface area (Å²) in [6, 6.07) is 12.3. The Morgan fingerprint density at radius 3 is 2.52 bits per heavy atom. The second-order valence-electron chi connectivity index (χ2n) is 6.59. The van der Waals surface area contributed by atoms with E-state index >= 15 is 0 Å². The Labute approximate surface area is 169 Å². The molecule has 0 spiro atoms. The molecule has 9 nitrogen and oxygen atoms in total. The Morgan fingerprint density at radius 2 is 1.90 bits per heavy atom. The minimum absolute atomic E-state index is 0.212. The van der Waals surface area contributed by atoms with Crippen LogP contribution in [0.2, 0.25) is 0 Å². The summed E-state index contributed by atoms with van der Waals surface area (Å²) in [5.74, 6) is 0.212. The minimum Gasteiger partial charge on any atom is -0.497 e. The maximum absolute atomic E-state index is 13.1. The number of hydrogen-bond acceptors (Lipinski definition) is 7. The van der Waals surface area contributed by atoms with E-state index in [2.05, 4.69) is 9.62 Å². The molecule has 29 heavy (non-hydrogen) atoms. The predicted molar refractivity (Wildman–Crippen MR) is 106 cm³/mol. The number of sulfonamides is 1. The van der Waals surface area contributed by atoms with E-state index in [1.165, 1.54) is 19.2 Å². The lowest BCUT2D eigenvalue weighted by atomic mass is 10.1. The lowest BCUT2D eigenvalue weighted by Crippen LogP contribution is -2.43. The molecule has 0 aromatic heterocycles. The molecule has 1 aliphatic heterocycles. The summed E-state index contributed by atoms with van der Waals surface area (Å²) >= 11 is 0. The van der Waals surface area contributed by atoms with Crippen LogP contribution < -0.4 is 9.46 Å². The molecular formula is C19H23N3O6S. The fraction of sp³-hybridized carbons (Fsp3) is 0.368. The van der Waals surface area contributed by atoms with E-state index in [4.69, 9.17) is 9.47 Å². The van der Waals surface area contributed by atoms with Crippen LogP contribution in [0.3, 0.4) is 0 Å². The maximum Gasteiger partial charge on any atom is 0.293 e. The Balaban J connectivity index is 1.92. The molecule has 1 atom stereocenters. The largest absolute Gasteiger partial charge is 0.497 e. The molecule has 0 saturated carbocycles. The Morgan fingerprint density at radius 1 is 1.21 bits per heavy atom. The van der Waals surface area contributed by atoms with E-state index < -0.39 is 31.6 Å². The van der Waals surface area contributed by atoms with Crippen LogP contribution in [-0.2, 0) is 14.8 Å². The Kier molecular flexibility index (Phi) is 6.80. The van der Waals surface area contributed by atoms with Crippen molar-refractivity contribution in [1.29, 1.82) is 0 Å². The van der Waals surface area contributed by atoms with Crippen LogP contribution in [0.25, 0.3) is 0 Å². The summed E-state index contributed by atoms with van der Waals surface area (Å²) in [6.07, 6.45) is 0. The zero-order valence-corrected chi connectivity index (χ0v) is 16.8. The molecule has 1 saturated heterocycles. The third-order valence-electron chi connectivity index (χ3n) is 4.70. The van der Waals surface area contributed by atoms with Crippen LogP contribution in [0, 0.1) is 10.1 Å². The van der Waals surface area contributed by atoms with Gasteiger partial charge in [0.1, 0.15) is 5.75 Å². The number of nitro benzene ring substituents is 1. The highest BCUT2D eigenvalue weighted by molar-refractivity contribution is 7.89. The molecule has 0 unspecified atom stereocenters. The summed E-state index contributed by atoms with van der Waals surface area (Å²) in [5.41, 5.74) is 0.244. The first-order valence-corrected chi connectivity index (χ1v) is 10.6. The second-order valence-corrected chi connectivity index (χ2v) is 8.27. The van der Waals surface area contributed by atoms with E-state index in [9.17, 15) is 18.5 Å². The molecule has 0 amide bonds. The van der Waals surface area contributed by atoms with Crippen molar-refractivity contribution < 1.29 is 22.8 Å². The third kappa shape index (κ3) is 5.30. The maximum atomic E-state index is 13.1. The van der Waals surface area contributed by atoms with Crippen molar-refractivity contribution in [3.63, 3.8) is 0 Å². The molecule has 0 radical (unpaired) electrons. The normalized spacial score (nSPS) is 16.3. The second kappa shape index (κ2) is 9.31. The first-order valence-electron chi connectivity index (χ1n) is 9.10. The van der Waals surface area contributed by atoms with Crippen molar-refractivity contribution in [2.75, 3.05) is 40.0 Å². The van der Waals surface area contributed by atoms with Gasteiger partial charge in [-0.3, -0.25) is 15.0 Å². The highest BCUT2D eigenvalue weighted by atomic mass is 32.2. The van der Waals surface area contributed by atoms with Gasteiger partial charge in [0.2, 0.25) is 10.0 Å². The summed E-state index contributed by atoms with van der Waals surface area (Å²) < 4.78 is 39.2. The van der Waals surface area contributed by atoms with Gasteiger partial charge in [0, 0.05) is 19.6 Å². The molecule has 1 N–H and O–H groups in total. The zero-order valence-electron chi connectivity index (χ0n) is 16.0. The third-order valence-corrected chi connectivity index (χ3v) is 6.22. The van der Waals surface area contributed by atoms with Gasteiger partial charge in [-0.2, -0.15) is 0 Å². The molecule has 0 aliphatic carbocycles. The number of benzene rings is 2. The van der Waals surface area contributed by atoms with E-state index in [1.807, 2.05) is 30.3 Å². The number of rotatable bonds is 8. The Hall–Kier alpha value is -2.53. The first-order chi connectivity index (χ1) is 13.9. The minimum atomic E-state index is -4.16. The van der Waals surface area contributed by atoms with E-state index in [0.29, 0.717) is 32.8 Å². The number of morpholine rings is 1. The van der Waals surface area contributed by atoms with Crippen LogP contribution in [0.1, 0.15) is 11.6 Å². The average molecular weight is 421 g/mol. The van der Waals surface area contributed by atoms with Crippen LogP contribution in [0.15, 0.2) is 53.4 Å². The molecule has 10 heteroatoms. The van der Waals surface area contributed by atoms with E-state index in [1.54, 1.807) is 0 Å². The van der Waals surface area contributed by atoms with Crippen molar-refractivity contribution >= 4 is 15.7 Å². The molecule has 2 aromatic rings. The van der Waals surface area contributed by atoms with Crippen LogP contribution in [0.5, 0.6) is 5.75 Å². The van der Waals surface area contributed by atoms with Crippen molar-refractivity contribution in [3.05, 3.63) is 64.2 Å². The number of nitrogens with one attached hydrogen (secondary N) is 1. The SMILES string of the molecule is COc1ccc(S(=O)(=O)N[C@H](CN2CCOCC2)c2ccccc2)c([N+](=O)[O-])c1. The van der Waals surface area contributed by atoms with Crippen LogP contribution in [-0.4, -0.2) is 58.2 Å². The van der Waals surface area contributed by atoms with Crippen molar-refractivity contribution in [3.8, 4) is 5.75 Å². The number of hydrogen-bond donors (Lipinski definition) is 1. The van der Waals surface area contributed by atoms with Crippen molar-refractivity contribution in [2.24, 2.45) is 0 Å². The lowest BCUT2D eigenvalue weighted by molar-refractivity contribution is -0.387. The first kappa shape index (κ1) is 21.2. The highest BCUT2D eigenvalue weighted by Crippen LogP contribution is 2.29. The van der Waals surface area contributed by atoms with Gasteiger partial charge in [-0.25, -0.2) is 13.1 Å². The molecular weight excluding hydrogens is 398 g/mol. The van der Waals surface area contributed by atoms with Gasteiger partial charge in [0.05, 0.1) is 37.4 Å². The standard InChI is InChI=1S/C19H23N3O6S/c1-27-16-7-8-19(18(13-16)22(23)24)29(25,26)20-17(15-5-3-2-4-6-15)14-21-9-11-28-12-10-21/h2-8,13,17,20H,9-12,14H2,1H3/t17-/m1/s1. The Bertz CT molecular complexity index is 946. The topological polar surface area (TPSA) is 111 Å². The lowest BCUT2D eigenvalue weighted by Gasteiger charge is -2.31. The number of nitrogens with zero attached hydrogens (tertiary/aromatic N) is 2. The van der Waals surface area contributed by atoms with E-state index in [0.717, 1.165) is 11.6 Å². The zero-order chi connectivity index (χ0) is 20.9. The molecule has 0 bridgehead atoms. The molecule has 156 valence electrons. The molecule has 1 fully saturated rings. The summed E-state index contributed by atoms with van der Waals surface area (Å²) in [5, 5.41) is 11.4. The van der Waals surface area contributed by atoms with Crippen LogP contribution in [0.4, 0.5) is 5.69 Å². The van der Waals surface area contributed by atoms with Gasteiger partial charge in [-0.1, -0.05) is 30.3 Å². The van der Waals surface area contributed by atoms with Crippen molar-refractivity contribution in [1.82, 2.24) is 9.62 Å². The highest BCUT2D eigenvalue weighted by Gasteiger charge is 2.30. The average Bonchev–Trinajstić information content (AvgIpc) is 2.74. The fourth-order valence-corrected chi connectivity index (χ4v) is 4.55. The van der Waals surface area contributed by atoms with Gasteiger partial charge < -0.3 is 9.47 Å². The molecule has 1 heterocycles. The summed E-state index contributed by atoms with van der Waals surface area (Å²) in [6.45, 7) is 2.97. The van der Waals surface area contributed by atoms with Crippen molar-refractivity contribution in [2.45, 2.75) is 10.9 Å². The van der Waals surface area contributed by atoms with E-state index in [-0.39, 0.29) is 5.75 Å². The monoisotopic (exact) mass is 421 g/mol. The van der Waals surface area contributed by atoms with Gasteiger partial charge in [-0.05, 0) is 17.7 Å². The fourth-order valence-electron chi connectivity index (χ4n) is 3.18. The van der Waals surface area contributed by atoms with Gasteiger partial charge in [-0.15, -0.1) is 0 Å². The summed E-state index contributed by atoms with van der Waals surface area (Å²) in [7, 11) is -2.80. The molecule has 3 rings (SSSR count). The predicted octanol–water partition coefficient (Wildman–Crippen LogP) is 1.96. The van der Waals surface area contributed by atoms with Crippen LogP contribution >= 0.6 is 0 Å². The smallest absolute Gasteiger partial charge is 0.293 e. The molecule has 1 aliphatic rings. The number of nitro groups is 1. The summed E-state index contributed by atoms with van der Waals surface area (Å²) in [4.78, 5) is 12.4. The quantitative estimate of drug-likeness (QED) is 0.512. The van der Waals surface area contributed by atoms with Gasteiger partial charge in [0.15, 0.2) is 4.90 Å². The van der Waals surface area contributed by atoms with Gasteiger partial charge in [0.25, 0.3) is 5.69 Å². The number of methoxy groups -OCH3 is 1. The van der Waals surface area contributed by atoms with Gasteiger partial charge >= 0.3 is 0 Å².